The predicted molar refractivity (Wildman–Crippen MR) is 112 cm³/mol. The number of rotatable bonds is 8. The highest BCUT2D eigenvalue weighted by atomic mass is 32.2. The second-order valence-electron chi connectivity index (χ2n) is 6.45. The van der Waals surface area contributed by atoms with Crippen LogP contribution in [0, 0.1) is 0 Å². The Kier molecular flexibility index (Phi) is 5.63. The Morgan fingerprint density at radius 2 is 1.87 bits per heavy atom. The molecule has 0 amide bonds. The summed E-state index contributed by atoms with van der Waals surface area (Å²) in [5.41, 5.74) is 1.03. The molecule has 160 valence electrons. The van der Waals surface area contributed by atoms with Crippen LogP contribution in [0.5, 0.6) is 11.5 Å². The van der Waals surface area contributed by atoms with Gasteiger partial charge in [-0.25, -0.2) is 8.42 Å². The third-order valence-corrected chi connectivity index (χ3v) is 5.86. The minimum Gasteiger partial charge on any atom is -0.497 e. The molecule has 4 rings (SSSR count). The first kappa shape index (κ1) is 20.5. The molecule has 0 aliphatic rings. The van der Waals surface area contributed by atoms with Crippen LogP contribution in [0.2, 0.25) is 0 Å². The van der Waals surface area contributed by atoms with Gasteiger partial charge in [0.1, 0.15) is 16.4 Å². The van der Waals surface area contributed by atoms with Gasteiger partial charge in [0.05, 0.1) is 32.6 Å². The van der Waals surface area contributed by atoms with Crippen LogP contribution in [0.1, 0.15) is 11.5 Å². The van der Waals surface area contributed by atoms with Crippen molar-refractivity contribution in [3.63, 3.8) is 0 Å². The van der Waals surface area contributed by atoms with E-state index >= 15 is 0 Å². The van der Waals surface area contributed by atoms with E-state index in [9.17, 15) is 8.42 Å². The molecule has 2 aromatic heterocycles. The third-order valence-electron chi connectivity index (χ3n) is 4.47. The van der Waals surface area contributed by atoms with Gasteiger partial charge in [-0.2, -0.15) is 4.98 Å². The van der Waals surface area contributed by atoms with Crippen LogP contribution in [-0.2, 0) is 16.4 Å². The summed E-state index contributed by atoms with van der Waals surface area (Å²) in [6, 6.07) is 15.0. The van der Waals surface area contributed by atoms with Gasteiger partial charge < -0.3 is 18.4 Å². The van der Waals surface area contributed by atoms with Crippen LogP contribution in [0.3, 0.4) is 0 Å². The van der Waals surface area contributed by atoms with Gasteiger partial charge in [-0.05, 0) is 35.9 Å². The van der Waals surface area contributed by atoms with E-state index in [0.29, 0.717) is 34.5 Å². The van der Waals surface area contributed by atoms with Crippen LogP contribution >= 0.6 is 0 Å². The van der Waals surface area contributed by atoms with E-state index in [-0.39, 0.29) is 17.1 Å². The SMILES string of the molecule is COc1ccc(OC)c(S(=O)(=O)Nc2ccccc2Cc2nc(-c3ccco3)no2)c1. The number of anilines is 1. The van der Waals surface area contributed by atoms with E-state index < -0.39 is 10.0 Å². The zero-order chi connectivity index (χ0) is 21.8. The van der Waals surface area contributed by atoms with Crippen LogP contribution in [0.25, 0.3) is 11.6 Å². The first-order valence-corrected chi connectivity index (χ1v) is 10.7. The molecule has 0 fully saturated rings. The van der Waals surface area contributed by atoms with Crippen molar-refractivity contribution in [3.05, 3.63) is 72.3 Å². The quantitative estimate of drug-likeness (QED) is 0.439. The number of furan rings is 1. The topological polar surface area (TPSA) is 117 Å². The molecule has 0 saturated carbocycles. The van der Waals surface area contributed by atoms with Crippen molar-refractivity contribution in [1.29, 1.82) is 0 Å². The average Bonchev–Trinajstić information content (AvgIpc) is 3.46. The van der Waals surface area contributed by atoms with Crippen molar-refractivity contribution in [2.45, 2.75) is 11.3 Å². The summed E-state index contributed by atoms with van der Waals surface area (Å²) >= 11 is 0. The summed E-state index contributed by atoms with van der Waals surface area (Å²) in [4.78, 5) is 4.27. The minimum absolute atomic E-state index is 0.0398. The summed E-state index contributed by atoms with van der Waals surface area (Å²) < 4.78 is 49.7. The predicted octanol–water partition coefficient (Wildman–Crippen LogP) is 3.74. The Hall–Kier alpha value is -3.79. The lowest BCUT2D eigenvalue weighted by Crippen LogP contribution is -2.15. The van der Waals surface area contributed by atoms with E-state index in [1.54, 1.807) is 42.5 Å². The monoisotopic (exact) mass is 441 g/mol. The van der Waals surface area contributed by atoms with E-state index in [2.05, 4.69) is 14.9 Å². The average molecular weight is 441 g/mol. The molecule has 2 heterocycles. The van der Waals surface area contributed by atoms with Gasteiger partial charge in [-0.1, -0.05) is 23.4 Å². The van der Waals surface area contributed by atoms with Crippen LogP contribution in [0.4, 0.5) is 5.69 Å². The fourth-order valence-corrected chi connectivity index (χ4v) is 4.25. The number of sulfonamides is 1. The number of ether oxygens (including phenoxy) is 2. The molecule has 9 nitrogen and oxygen atoms in total. The van der Waals surface area contributed by atoms with Crippen LogP contribution < -0.4 is 14.2 Å². The van der Waals surface area contributed by atoms with E-state index in [4.69, 9.17) is 18.4 Å². The smallest absolute Gasteiger partial charge is 0.265 e. The standard InChI is InChI=1S/C21H19N3O6S/c1-27-15-9-10-17(28-2)19(13-15)31(25,26)24-16-7-4-3-6-14(16)12-20-22-21(23-30-20)18-8-5-11-29-18/h3-11,13,24H,12H2,1-2H3. The molecule has 0 saturated heterocycles. The van der Waals surface area contributed by atoms with Gasteiger partial charge >= 0.3 is 0 Å². The zero-order valence-electron chi connectivity index (χ0n) is 16.7. The van der Waals surface area contributed by atoms with Gasteiger partial charge in [-0.15, -0.1) is 0 Å². The lowest BCUT2D eigenvalue weighted by atomic mass is 10.1. The first-order chi connectivity index (χ1) is 15.0. The summed E-state index contributed by atoms with van der Waals surface area (Å²) in [6.45, 7) is 0. The number of nitrogens with one attached hydrogen (secondary N) is 1. The molecular formula is C21H19N3O6S. The minimum atomic E-state index is -3.97. The highest BCUT2D eigenvalue weighted by Gasteiger charge is 2.22. The normalized spacial score (nSPS) is 11.3. The van der Waals surface area contributed by atoms with E-state index in [1.165, 1.54) is 32.6 Å². The lowest BCUT2D eigenvalue weighted by molar-refractivity contribution is 0.384. The summed E-state index contributed by atoms with van der Waals surface area (Å²) in [6.07, 6.45) is 1.74. The highest BCUT2D eigenvalue weighted by molar-refractivity contribution is 7.92. The van der Waals surface area contributed by atoms with Gasteiger partial charge in [0.25, 0.3) is 10.0 Å². The highest BCUT2D eigenvalue weighted by Crippen LogP contribution is 2.31. The molecular weight excluding hydrogens is 422 g/mol. The largest absolute Gasteiger partial charge is 0.497 e. The molecule has 0 unspecified atom stereocenters. The van der Waals surface area contributed by atoms with Crippen molar-refractivity contribution >= 4 is 15.7 Å². The molecule has 31 heavy (non-hydrogen) atoms. The molecule has 0 radical (unpaired) electrons. The van der Waals surface area contributed by atoms with Crippen molar-refractivity contribution in [3.8, 4) is 23.1 Å². The fourth-order valence-electron chi connectivity index (χ4n) is 2.96. The molecule has 0 aliphatic carbocycles. The Labute approximate surface area is 178 Å². The van der Waals surface area contributed by atoms with Crippen molar-refractivity contribution in [2.75, 3.05) is 18.9 Å². The van der Waals surface area contributed by atoms with Crippen LogP contribution in [0.15, 0.2) is 74.7 Å². The zero-order valence-corrected chi connectivity index (χ0v) is 17.5. The second kappa shape index (κ2) is 8.52. The molecule has 0 atom stereocenters. The fraction of sp³-hybridized carbons (Fsp3) is 0.143. The second-order valence-corrected chi connectivity index (χ2v) is 8.10. The Morgan fingerprint density at radius 3 is 2.61 bits per heavy atom. The number of methoxy groups -OCH3 is 2. The Bertz CT molecular complexity index is 1280. The molecule has 0 spiro atoms. The number of nitrogens with zero attached hydrogens (tertiary/aromatic N) is 2. The maximum Gasteiger partial charge on any atom is 0.265 e. The molecule has 4 aromatic rings. The number of hydrogen-bond acceptors (Lipinski definition) is 8. The first-order valence-electron chi connectivity index (χ1n) is 9.19. The van der Waals surface area contributed by atoms with Crippen molar-refractivity contribution < 1.29 is 26.8 Å². The van der Waals surface area contributed by atoms with Gasteiger partial charge in [0.2, 0.25) is 11.7 Å². The molecule has 10 heteroatoms. The Morgan fingerprint density at radius 1 is 1.03 bits per heavy atom. The van der Waals surface area contributed by atoms with Gasteiger partial charge in [0, 0.05) is 6.07 Å². The lowest BCUT2D eigenvalue weighted by Gasteiger charge is -2.14. The number of para-hydroxylation sites is 1. The molecule has 0 bridgehead atoms. The van der Waals surface area contributed by atoms with E-state index in [1.807, 2.05) is 0 Å². The summed E-state index contributed by atoms with van der Waals surface area (Å²) in [5.74, 6) is 1.71. The number of benzene rings is 2. The van der Waals surface area contributed by atoms with Gasteiger partial charge in [-0.3, -0.25) is 4.72 Å². The number of aromatic nitrogens is 2. The van der Waals surface area contributed by atoms with Crippen molar-refractivity contribution in [1.82, 2.24) is 10.1 Å². The summed E-state index contributed by atoms with van der Waals surface area (Å²) in [7, 11) is -1.11. The molecule has 0 aliphatic heterocycles. The molecule has 1 N–H and O–H groups in total. The third kappa shape index (κ3) is 4.38. The maximum absolute atomic E-state index is 13.1. The molecule has 2 aromatic carbocycles. The van der Waals surface area contributed by atoms with Crippen LogP contribution in [-0.4, -0.2) is 32.8 Å². The Balaban J connectivity index is 1.62. The van der Waals surface area contributed by atoms with Gasteiger partial charge in [0.15, 0.2) is 5.76 Å². The maximum atomic E-state index is 13.1. The number of hydrogen-bond donors (Lipinski definition) is 1. The summed E-state index contributed by atoms with van der Waals surface area (Å²) in [5, 5.41) is 3.90. The van der Waals surface area contributed by atoms with Crippen molar-refractivity contribution in [2.24, 2.45) is 0 Å². The van der Waals surface area contributed by atoms with E-state index in [0.717, 1.165) is 0 Å².